The van der Waals surface area contributed by atoms with E-state index < -0.39 is 60.4 Å². The zero-order valence-corrected chi connectivity index (χ0v) is 26.3. The Morgan fingerprint density at radius 1 is 1.34 bits per heavy atom. The molecule has 0 spiro atoms. The Bertz CT molecular complexity index is 1490. The second kappa shape index (κ2) is 12.5. The number of nitrogens with zero attached hydrogens (tertiary/aromatic N) is 4. The van der Waals surface area contributed by atoms with E-state index >= 15 is 0 Å². The number of carbonyl (C=O) groups is 1. The summed E-state index contributed by atoms with van der Waals surface area (Å²) < 4.78 is 48.5. The summed E-state index contributed by atoms with van der Waals surface area (Å²) in [5.41, 5.74) is 3.53. The van der Waals surface area contributed by atoms with Crippen molar-refractivity contribution < 1.29 is 41.9 Å². The molecule has 3 heterocycles. The van der Waals surface area contributed by atoms with Crippen LogP contribution in [0.4, 0.5) is 5.82 Å². The smallest absolute Gasteiger partial charge is 0.326 e. The largest absolute Gasteiger partial charge is 0.465 e. The highest BCUT2D eigenvalue weighted by Gasteiger charge is 2.56. The third-order valence-electron chi connectivity index (χ3n) is 7.19. The molecule has 7 N–H and O–H groups in total. The predicted octanol–water partition coefficient (Wildman–Crippen LogP) is -0.289. The average Bonchev–Trinajstić information content (AvgIpc) is 3.56. The van der Waals surface area contributed by atoms with Crippen molar-refractivity contribution in [2.75, 3.05) is 31.8 Å². The lowest BCUT2D eigenvalue weighted by atomic mass is 9.96. The molecule has 0 bridgehead atoms. The van der Waals surface area contributed by atoms with Crippen LogP contribution in [0.5, 0.6) is 5.75 Å². The number of carbonyl (C=O) groups excluding carboxylic acids is 1. The fraction of sp³-hybridized carbons (Fsp3) is 0.560. The third-order valence-corrected chi connectivity index (χ3v) is 9.16. The molecule has 1 aromatic heterocycles. The van der Waals surface area contributed by atoms with Gasteiger partial charge in [0, 0.05) is 7.05 Å². The SMILES string of the molecule is CCOC(=O)C1(NP(OCC2OC(n3cnc4c3NC(N)N=C4N(C)NS(C)(=O)=O)[C@](C)(O)[C@@H]2O)Oc2ccccc2)CC1. The molecule has 1 aromatic carbocycles. The first-order valence-electron chi connectivity index (χ1n) is 13.8. The molecule has 1 saturated heterocycles. The summed E-state index contributed by atoms with van der Waals surface area (Å²) in [6.07, 6.45) is -1.15. The minimum absolute atomic E-state index is 0.124. The number of imidazole rings is 1. The maximum atomic E-state index is 12.6. The van der Waals surface area contributed by atoms with Gasteiger partial charge in [-0.15, -0.1) is 4.83 Å². The zero-order valence-electron chi connectivity index (χ0n) is 24.6. The Labute approximate surface area is 255 Å². The number of hydrazine groups is 1. The van der Waals surface area contributed by atoms with Gasteiger partial charge in [-0.3, -0.25) is 20.1 Å². The highest BCUT2D eigenvalue weighted by molar-refractivity contribution is 7.88. The van der Waals surface area contributed by atoms with Crippen LogP contribution < -0.4 is 25.5 Å². The normalized spacial score (nSPS) is 27.9. The summed E-state index contributed by atoms with van der Waals surface area (Å²) in [4.78, 5) is 23.5. The third kappa shape index (κ3) is 6.83. The van der Waals surface area contributed by atoms with Crippen LogP contribution >= 0.6 is 8.53 Å². The van der Waals surface area contributed by atoms with Gasteiger partial charge in [0.25, 0.3) is 0 Å². The van der Waals surface area contributed by atoms with Crippen molar-refractivity contribution in [3.05, 3.63) is 42.4 Å². The number of hydrogen-bond donors (Lipinski definition) is 6. The Balaban J connectivity index is 1.33. The number of benzene rings is 1. The number of aliphatic hydroxyl groups excluding tert-OH is 1. The van der Waals surface area contributed by atoms with E-state index in [1.54, 1.807) is 31.2 Å². The molecule has 3 aliphatic rings. The first-order chi connectivity index (χ1) is 20.7. The molecule has 1 aliphatic carbocycles. The first kappa shape index (κ1) is 32.5. The summed E-state index contributed by atoms with van der Waals surface area (Å²) in [6, 6.07) is 8.91. The quantitative estimate of drug-likeness (QED) is 0.0982. The number of rotatable bonds is 12. The molecule has 2 aromatic rings. The highest BCUT2D eigenvalue weighted by Crippen LogP contribution is 2.48. The van der Waals surface area contributed by atoms with Crippen LogP contribution in [-0.4, -0.2) is 101 Å². The summed E-state index contributed by atoms with van der Waals surface area (Å²) in [5, 5.41) is 29.8. The number of amidine groups is 1. The minimum Gasteiger partial charge on any atom is -0.465 e. The monoisotopic (exact) mass is 656 g/mol. The van der Waals surface area contributed by atoms with E-state index in [0.29, 0.717) is 18.6 Å². The van der Waals surface area contributed by atoms with Gasteiger partial charge in [-0.2, -0.15) is 0 Å². The standard InChI is InChI=1S/C25H37N8O9PS/c1-5-39-22(35)25(11-12-25)30-43(42-15-9-7-6-8-10-15)40-13-16-18(34)24(2,36)21(41-16)33-14-27-17-19(28-23(26)29-20(17)33)32(3)31-44(4,37)38/h6-10,14,16,18,21,23,29-31,34,36H,5,11-13,26H2,1-4H3/t16?,18-,21?,23?,24-,43?/m1/s1. The van der Waals surface area contributed by atoms with Crippen molar-refractivity contribution in [1.82, 2.24) is 24.5 Å². The van der Waals surface area contributed by atoms with E-state index in [-0.39, 0.29) is 30.6 Å². The fourth-order valence-electron chi connectivity index (χ4n) is 4.86. The maximum Gasteiger partial charge on any atom is 0.326 e. The molecule has 19 heteroatoms. The van der Waals surface area contributed by atoms with Crippen LogP contribution in [0.2, 0.25) is 0 Å². The molecular weight excluding hydrogens is 619 g/mol. The van der Waals surface area contributed by atoms with Crippen LogP contribution in [0.1, 0.15) is 38.6 Å². The predicted molar refractivity (Wildman–Crippen MR) is 158 cm³/mol. The van der Waals surface area contributed by atoms with Crippen molar-refractivity contribution >= 4 is 36.2 Å². The first-order valence-corrected chi connectivity index (χ1v) is 16.9. The van der Waals surface area contributed by atoms with Crippen molar-refractivity contribution in [1.29, 1.82) is 0 Å². The molecule has 17 nitrogen and oxygen atoms in total. The molecule has 0 radical (unpaired) electrons. The minimum atomic E-state index is -3.64. The van der Waals surface area contributed by atoms with Gasteiger partial charge in [-0.05, 0) is 38.8 Å². The highest BCUT2D eigenvalue weighted by atomic mass is 32.2. The summed E-state index contributed by atoms with van der Waals surface area (Å²) in [6.45, 7) is 3.16. The van der Waals surface area contributed by atoms with E-state index in [1.807, 2.05) is 6.07 Å². The van der Waals surface area contributed by atoms with Crippen LogP contribution in [0, 0.1) is 0 Å². The lowest BCUT2D eigenvalue weighted by molar-refractivity contribution is -0.146. The van der Waals surface area contributed by atoms with Crippen LogP contribution in [0.15, 0.2) is 41.7 Å². The topological polar surface area (TPSA) is 224 Å². The van der Waals surface area contributed by atoms with Crippen molar-refractivity contribution in [2.45, 2.75) is 62.6 Å². The summed E-state index contributed by atoms with van der Waals surface area (Å²) in [5.74, 6) is 0.511. The number of esters is 1. The molecule has 44 heavy (non-hydrogen) atoms. The number of para-hydroxylation sites is 1. The van der Waals surface area contributed by atoms with E-state index in [2.05, 4.69) is 25.2 Å². The van der Waals surface area contributed by atoms with Crippen LogP contribution in [-0.2, 0) is 28.8 Å². The van der Waals surface area contributed by atoms with Gasteiger partial charge in [0.15, 0.2) is 18.4 Å². The molecule has 5 rings (SSSR count). The molecule has 4 unspecified atom stereocenters. The second-order valence-electron chi connectivity index (χ2n) is 10.9. The average molecular weight is 657 g/mol. The number of aromatic nitrogens is 2. The Morgan fingerprint density at radius 2 is 2.05 bits per heavy atom. The van der Waals surface area contributed by atoms with Gasteiger partial charge in [0.1, 0.15) is 40.6 Å². The van der Waals surface area contributed by atoms with E-state index in [0.717, 1.165) is 11.3 Å². The molecule has 2 fully saturated rings. The van der Waals surface area contributed by atoms with E-state index in [9.17, 15) is 23.4 Å². The number of aliphatic hydroxyl groups is 2. The van der Waals surface area contributed by atoms with Gasteiger partial charge in [-0.25, -0.2) is 23.5 Å². The number of hydrogen-bond acceptors (Lipinski definition) is 15. The Kier molecular flexibility index (Phi) is 9.19. The Morgan fingerprint density at radius 3 is 2.68 bits per heavy atom. The number of aliphatic imine (C=N–C) groups is 1. The molecule has 2 aliphatic heterocycles. The van der Waals surface area contributed by atoms with Gasteiger partial charge in [-0.1, -0.05) is 18.2 Å². The Hall–Kier alpha value is -2.93. The number of nitrogens with one attached hydrogen (secondary N) is 3. The molecule has 0 amide bonds. The van der Waals surface area contributed by atoms with Crippen molar-refractivity contribution in [3.63, 3.8) is 0 Å². The molecule has 6 atom stereocenters. The van der Waals surface area contributed by atoms with E-state index in [1.165, 1.54) is 24.9 Å². The number of nitrogens with two attached hydrogens (primary N) is 1. The second-order valence-corrected chi connectivity index (χ2v) is 13.8. The maximum absolute atomic E-state index is 12.6. The molecule has 242 valence electrons. The molecular formula is C25H37N8O9PS. The summed E-state index contributed by atoms with van der Waals surface area (Å²) in [7, 11) is -4.11. The van der Waals surface area contributed by atoms with Crippen LogP contribution in [0.3, 0.4) is 0 Å². The number of anilines is 1. The van der Waals surface area contributed by atoms with Gasteiger partial charge in [0.2, 0.25) is 10.0 Å². The van der Waals surface area contributed by atoms with Crippen molar-refractivity contribution in [3.8, 4) is 5.75 Å². The lowest BCUT2D eigenvalue weighted by Crippen LogP contribution is -2.48. The number of fused-ring (bicyclic) bond motifs is 1. The number of sulfonamides is 1. The summed E-state index contributed by atoms with van der Waals surface area (Å²) >= 11 is 0. The van der Waals surface area contributed by atoms with Gasteiger partial charge < -0.3 is 34.1 Å². The zero-order chi connectivity index (χ0) is 31.9. The van der Waals surface area contributed by atoms with Crippen molar-refractivity contribution in [2.24, 2.45) is 10.7 Å². The fourth-order valence-corrected chi connectivity index (χ4v) is 6.86. The van der Waals surface area contributed by atoms with Crippen LogP contribution in [0.25, 0.3) is 0 Å². The lowest BCUT2D eigenvalue weighted by Gasteiger charge is -2.31. The van der Waals surface area contributed by atoms with E-state index in [4.69, 9.17) is 24.3 Å². The van der Waals surface area contributed by atoms with Gasteiger partial charge >= 0.3 is 14.5 Å². The molecule has 1 saturated carbocycles. The number of ether oxygens (including phenoxy) is 2. The van der Waals surface area contributed by atoms with Gasteiger partial charge in [0.05, 0.1) is 25.8 Å².